The summed E-state index contributed by atoms with van der Waals surface area (Å²) in [5.74, 6) is 2.26. The highest BCUT2D eigenvalue weighted by atomic mass is 16.5. The number of likely N-dealkylation sites (N-methyl/N-ethyl adjacent to an activating group) is 1. The Morgan fingerprint density at radius 2 is 2.10 bits per heavy atom. The topological polar surface area (TPSA) is 39.7 Å². The molecule has 0 radical (unpaired) electrons. The predicted octanol–water partition coefficient (Wildman–Crippen LogP) is 2.48. The second kappa shape index (κ2) is 8.12. The minimum Gasteiger partial charge on any atom is -0.494 e. The molecule has 0 aromatic heterocycles. The zero-order chi connectivity index (χ0) is 14.2. The molecule has 1 heterocycles. The molecule has 0 amide bonds. The lowest BCUT2D eigenvalue weighted by atomic mass is 10.00. The first kappa shape index (κ1) is 15.1. The van der Waals surface area contributed by atoms with Crippen molar-refractivity contribution in [2.45, 2.75) is 26.3 Å². The Bertz CT molecular complexity index is 391. The van der Waals surface area contributed by atoms with E-state index in [9.17, 15) is 0 Å². The van der Waals surface area contributed by atoms with E-state index in [1.54, 1.807) is 0 Å². The van der Waals surface area contributed by atoms with Gasteiger partial charge >= 0.3 is 0 Å². The number of benzene rings is 1. The molecule has 0 bridgehead atoms. The van der Waals surface area contributed by atoms with Crippen LogP contribution in [0.5, 0.6) is 11.5 Å². The first-order chi connectivity index (χ1) is 9.83. The van der Waals surface area contributed by atoms with Gasteiger partial charge < -0.3 is 19.5 Å². The largest absolute Gasteiger partial charge is 0.494 e. The van der Waals surface area contributed by atoms with Crippen molar-refractivity contribution in [2.24, 2.45) is 5.92 Å². The van der Waals surface area contributed by atoms with Crippen molar-refractivity contribution in [1.29, 1.82) is 0 Å². The van der Waals surface area contributed by atoms with Crippen LogP contribution >= 0.6 is 0 Å². The molecule has 4 nitrogen and oxygen atoms in total. The number of ether oxygens (including phenoxy) is 3. The Hall–Kier alpha value is -1.26. The van der Waals surface area contributed by atoms with Crippen LogP contribution in [0.25, 0.3) is 0 Å². The molecule has 0 aliphatic carbocycles. The van der Waals surface area contributed by atoms with Crippen molar-refractivity contribution < 1.29 is 14.2 Å². The van der Waals surface area contributed by atoms with Gasteiger partial charge in [0.2, 0.25) is 0 Å². The third kappa shape index (κ3) is 4.39. The van der Waals surface area contributed by atoms with E-state index in [4.69, 9.17) is 14.2 Å². The fraction of sp³-hybridized carbons (Fsp3) is 0.625. The quantitative estimate of drug-likeness (QED) is 0.793. The maximum atomic E-state index is 5.92. The number of nitrogens with one attached hydrogen (secondary N) is 1. The molecular formula is C16H25NO3. The lowest BCUT2D eigenvalue weighted by Crippen LogP contribution is -2.41. The third-order valence-corrected chi connectivity index (χ3v) is 3.55. The van der Waals surface area contributed by atoms with E-state index in [1.807, 2.05) is 31.2 Å². The monoisotopic (exact) mass is 279 g/mol. The Kier molecular flexibility index (Phi) is 6.15. The van der Waals surface area contributed by atoms with Crippen molar-refractivity contribution in [2.75, 3.05) is 33.0 Å². The van der Waals surface area contributed by atoms with Crippen LogP contribution in [0.3, 0.4) is 0 Å². The zero-order valence-corrected chi connectivity index (χ0v) is 12.4. The SMILES string of the molecule is CCNC(COc1cccc(OCC)c1)C1CCOC1. The number of hydrogen-bond acceptors (Lipinski definition) is 4. The van der Waals surface area contributed by atoms with E-state index in [-0.39, 0.29) is 0 Å². The minimum atomic E-state index is 0.346. The molecule has 1 aliphatic rings. The van der Waals surface area contributed by atoms with E-state index < -0.39 is 0 Å². The van der Waals surface area contributed by atoms with Crippen LogP contribution < -0.4 is 14.8 Å². The molecule has 2 rings (SSSR count). The van der Waals surface area contributed by atoms with E-state index in [0.29, 0.717) is 25.2 Å². The Morgan fingerprint density at radius 1 is 1.30 bits per heavy atom. The number of hydrogen-bond donors (Lipinski definition) is 1. The van der Waals surface area contributed by atoms with E-state index in [1.165, 1.54) is 0 Å². The van der Waals surface area contributed by atoms with E-state index in [0.717, 1.165) is 37.7 Å². The van der Waals surface area contributed by atoms with Gasteiger partial charge in [0.05, 0.1) is 13.2 Å². The van der Waals surface area contributed by atoms with Crippen LogP contribution in [-0.4, -0.2) is 39.0 Å². The maximum Gasteiger partial charge on any atom is 0.123 e. The first-order valence-electron chi connectivity index (χ1n) is 7.50. The van der Waals surface area contributed by atoms with Crippen molar-refractivity contribution in [3.05, 3.63) is 24.3 Å². The van der Waals surface area contributed by atoms with E-state index in [2.05, 4.69) is 12.2 Å². The average molecular weight is 279 g/mol. The van der Waals surface area contributed by atoms with Gasteiger partial charge in [-0.25, -0.2) is 0 Å². The highest BCUT2D eigenvalue weighted by Crippen LogP contribution is 2.21. The van der Waals surface area contributed by atoms with Crippen molar-refractivity contribution in [1.82, 2.24) is 5.32 Å². The van der Waals surface area contributed by atoms with Crippen LogP contribution in [0.2, 0.25) is 0 Å². The van der Waals surface area contributed by atoms with Gasteiger partial charge in [-0.1, -0.05) is 13.0 Å². The normalized spacial score (nSPS) is 19.8. The molecule has 1 N–H and O–H groups in total. The molecule has 1 aromatic rings. The van der Waals surface area contributed by atoms with Gasteiger partial charge in [-0.05, 0) is 32.0 Å². The first-order valence-corrected chi connectivity index (χ1v) is 7.50. The molecule has 1 aliphatic heterocycles. The van der Waals surface area contributed by atoms with Crippen LogP contribution in [0, 0.1) is 5.92 Å². The molecule has 2 atom stereocenters. The summed E-state index contributed by atoms with van der Waals surface area (Å²) in [7, 11) is 0. The van der Waals surface area contributed by atoms with Crippen molar-refractivity contribution in [3.8, 4) is 11.5 Å². The maximum absolute atomic E-state index is 5.92. The molecule has 0 saturated carbocycles. The molecule has 0 spiro atoms. The lowest BCUT2D eigenvalue weighted by molar-refractivity contribution is 0.160. The highest BCUT2D eigenvalue weighted by Gasteiger charge is 2.25. The Balaban J connectivity index is 1.89. The van der Waals surface area contributed by atoms with Gasteiger partial charge in [0.15, 0.2) is 0 Å². The summed E-state index contributed by atoms with van der Waals surface area (Å²) in [6.45, 7) is 8.09. The predicted molar refractivity (Wildman–Crippen MR) is 79.5 cm³/mol. The average Bonchev–Trinajstić information content (AvgIpc) is 2.98. The molecule has 2 unspecified atom stereocenters. The molecule has 4 heteroatoms. The summed E-state index contributed by atoms with van der Waals surface area (Å²) in [5.41, 5.74) is 0. The molecule has 1 saturated heterocycles. The third-order valence-electron chi connectivity index (χ3n) is 3.55. The minimum absolute atomic E-state index is 0.346. The van der Waals surface area contributed by atoms with Gasteiger partial charge in [-0.3, -0.25) is 0 Å². The summed E-state index contributed by atoms with van der Waals surface area (Å²) in [4.78, 5) is 0. The summed E-state index contributed by atoms with van der Waals surface area (Å²) < 4.78 is 16.9. The smallest absolute Gasteiger partial charge is 0.123 e. The lowest BCUT2D eigenvalue weighted by Gasteiger charge is -2.23. The Morgan fingerprint density at radius 3 is 2.75 bits per heavy atom. The molecular weight excluding hydrogens is 254 g/mol. The summed E-state index contributed by atoms with van der Waals surface area (Å²) >= 11 is 0. The van der Waals surface area contributed by atoms with Crippen LogP contribution in [0.15, 0.2) is 24.3 Å². The van der Waals surface area contributed by atoms with Crippen LogP contribution in [0.4, 0.5) is 0 Å². The van der Waals surface area contributed by atoms with Crippen molar-refractivity contribution in [3.63, 3.8) is 0 Å². The second-order valence-corrected chi connectivity index (χ2v) is 5.01. The van der Waals surface area contributed by atoms with E-state index >= 15 is 0 Å². The van der Waals surface area contributed by atoms with Crippen molar-refractivity contribution >= 4 is 0 Å². The molecule has 1 aromatic carbocycles. The standard InChI is InChI=1S/C16H25NO3/c1-3-17-16(13-8-9-18-11-13)12-20-15-7-5-6-14(10-15)19-4-2/h5-7,10,13,16-17H,3-4,8-9,11-12H2,1-2H3. The summed E-state index contributed by atoms with van der Waals surface area (Å²) in [6.07, 6.45) is 1.11. The highest BCUT2D eigenvalue weighted by molar-refractivity contribution is 5.32. The second-order valence-electron chi connectivity index (χ2n) is 5.01. The summed E-state index contributed by atoms with van der Waals surface area (Å²) in [5, 5.41) is 3.50. The zero-order valence-electron chi connectivity index (χ0n) is 12.4. The van der Waals surface area contributed by atoms with Crippen LogP contribution in [0.1, 0.15) is 20.3 Å². The molecule has 112 valence electrons. The number of rotatable bonds is 8. The fourth-order valence-electron chi connectivity index (χ4n) is 2.50. The summed E-state index contributed by atoms with van der Waals surface area (Å²) in [6, 6.07) is 8.16. The van der Waals surface area contributed by atoms with Gasteiger partial charge in [0.25, 0.3) is 0 Å². The fourth-order valence-corrected chi connectivity index (χ4v) is 2.50. The molecule has 20 heavy (non-hydrogen) atoms. The van der Waals surface area contributed by atoms with Gasteiger partial charge in [0, 0.05) is 24.6 Å². The van der Waals surface area contributed by atoms with Gasteiger partial charge in [-0.2, -0.15) is 0 Å². The van der Waals surface area contributed by atoms with Gasteiger partial charge in [-0.15, -0.1) is 0 Å². The van der Waals surface area contributed by atoms with Crippen LogP contribution in [-0.2, 0) is 4.74 Å². The Labute approximate surface area is 121 Å². The van der Waals surface area contributed by atoms with Gasteiger partial charge in [0.1, 0.15) is 18.1 Å². The molecule has 1 fully saturated rings.